The molecule has 0 aromatic heterocycles. The third kappa shape index (κ3) is 3.43. The zero-order valence-electron chi connectivity index (χ0n) is 10.8. The first-order chi connectivity index (χ1) is 8.47. The number of carbonyl (C=O) groups is 1. The number of hydrogen-bond donors (Lipinski definition) is 1. The van der Waals surface area contributed by atoms with Gasteiger partial charge in [0.2, 0.25) is 5.91 Å². The van der Waals surface area contributed by atoms with Gasteiger partial charge in [0.15, 0.2) is 0 Å². The molecule has 1 aromatic rings. The number of para-hydroxylation sites is 1. The largest absolute Gasteiger partial charge is 0.496 e. The van der Waals surface area contributed by atoms with Gasteiger partial charge < -0.3 is 15.4 Å². The SMILES string of the molecule is COc1ccccc1CN(C)C(=O)C(C)C(N)=S. The number of hydrogen-bond acceptors (Lipinski definition) is 3. The lowest BCUT2D eigenvalue weighted by atomic mass is 10.1. The minimum atomic E-state index is -0.445. The third-order valence-corrected chi connectivity index (χ3v) is 3.13. The van der Waals surface area contributed by atoms with Gasteiger partial charge in [-0.3, -0.25) is 4.79 Å². The van der Waals surface area contributed by atoms with Crippen LogP contribution in [-0.2, 0) is 11.3 Å². The number of benzene rings is 1. The molecule has 5 heteroatoms. The molecular formula is C13H18N2O2S. The molecule has 0 fully saturated rings. The second kappa shape index (κ2) is 6.35. The second-order valence-corrected chi connectivity index (χ2v) is 4.60. The van der Waals surface area contributed by atoms with Gasteiger partial charge in [-0.15, -0.1) is 0 Å². The summed E-state index contributed by atoms with van der Waals surface area (Å²) >= 11 is 4.83. The molecule has 0 heterocycles. The van der Waals surface area contributed by atoms with Crippen molar-refractivity contribution in [2.45, 2.75) is 13.5 Å². The highest BCUT2D eigenvalue weighted by Gasteiger charge is 2.20. The molecule has 1 amide bonds. The summed E-state index contributed by atoms with van der Waals surface area (Å²) in [6.45, 7) is 2.18. The van der Waals surface area contributed by atoms with Crippen molar-refractivity contribution in [3.05, 3.63) is 29.8 Å². The van der Waals surface area contributed by atoms with Crippen LogP contribution in [0.25, 0.3) is 0 Å². The Morgan fingerprint density at radius 1 is 1.50 bits per heavy atom. The van der Waals surface area contributed by atoms with E-state index in [-0.39, 0.29) is 10.9 Å². The summed E-state index contributed by atoms with van der Waals surface area (Å²) in [4.78, 5) is 13.8. The van der Waals surface area contributed by atoms with Crippen molar-refractivity contribution in [2.75, 3.05) is 14.2 Å². The molecule has 1 unspecified atom stereocenters. The summed E-state index contributed by atoms with van der Waals surface area (Å²) in [5.74, 6) is 0.230. The van der Waals surface area contributed by atoms with Gasteiger partial charge in [-0.05, 0) is 13.0 Å². The summed E-state index contributed by atoms with van der Waals surface area (Å²) in [5.41, 5.74) is 6.43. The molecular weight excluding hydrogens is 248 g/mol. The molecule has 1 atom stereocenters. The fraction of sp³-hybridized carbons (Fsp3) is 0.385. The fourth-order valence-electron chi connectivity index (χ4n) is 1.62. The Hall–Kier alpha value is -1.62. The molecule has 0 saturated heterocycles. The van der Waals surface area contributed by atoms with Crippen LogP contribution in [0.15, 0.2) is 24.3 Å². The van der Waals surface area contributed by atoms with Crippen LogP contribution in [0.3, 0.4) is 0 Å². The highest BCUT2D eigenvalue weighted by atomic mass is 32.1. The topological polar surface area (TPSA) is 55.6 Å². The number of rotatable bonds is 5. The van der Waals surface area contributed by atoms with Gasteiger partial charge in [0.05, 0.1) is 18.0 Å². The molecule has 1 rings (SSSR count). The van der Waals surface area contributed by atoms with Crippen LogP contribution in [0.2, 0.25) is 0 Å². The minimum absolute atomic E-state index is 0.0894. The predicted octanol–water partition coefficient (Wildman–Crippen LogP) is 1.58. The lowest BCUT2D eigenvalue weighted by molar-refractivity contribution is -0.132. The van der Waals surface area contributed by atoms with E-state index in [0.29, 0.717) is 6.54 Å². The highest BCUT2D eigenvalue weighted by Crippen LogP contribution is 2.19. The number of carbonyl (C=O) groups excluding carboxylic acids is 1. The van der Waals surface area contributed by atoms with Gasteiger partial charge >= 0.3 is 0 Å². The van der Waals surface area contributed by atoms with Crippen LogP contribution in [0.5, 0.6) is 5.75 Å². The van der Waals surface area contributed by atoms with Crippen LogP contribution < -0.4 is 10.5 Å². The number of thiocarbonyl (C=S) groups is 1. The Bertz CT molecular complexity index is 448. The van der Waals surface area contributed by atoms with E-state index in [2.05, 4.69) is 0 Å². The van der Waals surface area contributed by atoms with Crippen LogP contribution in [0, 0.1) is 5.92 Å². The third-order valence-electron chi connectivity index (χ3n) is 2.77. The van der Waals surface area contributed by atoms with Crippen molar-refractivity contribution in [3.63, 3.8) is 0 Å². The summed E-state index contributed by atoms with van der Waals surface area (Å²) in [7, 11) is 3.34. The maximum atomic E-state index is 12.0. The minimum Gasteiger partial charge on any atom is -0.496 e. The smallest absolute Gasteiger partial charge is 0.232 e. The van der Waals surface area contributed by atoms with Gasteiger partial charge in [0, 0.05) is 19.2 Å². The van der Waals surface area contributed by atoms with Crippen molar-refractivity contribution in [3.8, 4) is 5.75 Å². The Balaban J connectivity index is 2.78. The molecule has 0 saturated carbocycles. The van der Waals surface area contributed by atoms with Gasteiger partial charge in [-0.1, -0.05) is 30.4 Å². The average Bonchev–Trinajstić information content (AvgIpc) is 2.37. The van der Waals surface area contributed by atoms with Crippen molar-refractivity contribution < 1.29 is 9.53 Å². The summed E-state index contributed by atoms with van der Waals surface area (Å²) < 4.78 is 5.25. The first-order valence-corrected chi connectivity index (χ1v) is 6.04. The quantitative estimate of drug-likeness (QED) is 0.822. The Labute approximate surface area is 113 Å². The average molecular weight is 266 g/mol. The molecule has 0 spiro atoms. The van der Waals surface area contributed by atoms with Gasteiger partial charge in [-0.2, -0.15) is 0 Å². The Morgan fingerprint density at radius 2 is 2.11 bits per heavy atom. The van der Waals surface area contributed by atoms with Crippen molar-refractivity contribution in [1.82, 2.24) is 4.90 Å². The van der Waals surface area contributed by atoms with E-state index in [4.69, 9.17) is 22.7 Å². The van der Waals surface area contributed by atoms with Crippen LogP contribution >= 0.6 is 12.2 Å². The number of methoxy groups -OCH3 is 1. The fourth-order valence-corrected chi connectivity index (χ4v) is 1.72. The second-order valence-electron chi connectivity index (χ2n) is 4.13. The molecule has 0 aliphatic carbocycles. The molecule has 0 radical (unpaired) electrons. The van der Waals surface area contributed by atoms with Crippen LogP contribution in [0.4, 0.5) is 0 Å². The monoisotopic (exact) mass is 266 g/mol. The van der Waals surface area contributed by atoms with E-state index < -0.39 is 5.92 Å². The number of ether oxygens (including phenoxy) is 1. The molecule has 18 heavy (non-hydrogen) atoms. The van der Waals surface area contributed by atoms with E-state index in [9.17, 15) is 4.79 Å². The maximum Gasteiger partial charge on any atom is 0.232 e. The number of amides is 1. The van der Waals surface area contributed by atoms with Crippen LogP contribution in [0.1, 0.15) is 12.5 Å². The molecule has 0 aliphatic rings. The summed E-state index contributed by atoms with van der Waals surface area (Å²) in [6, 6.07) is 7.59. The molecule has 0 aliphatic heterocycles. The first-order valence-electron chi connectivity index (χ1n) is 5.63. The van der Waals surface area contributed by atoms with Crippen molar-refractivity contribution >= 4 is 23.1 Å². The zero-order valence-corrected chi connectivity index (χ0v) is 11.7. The lowest BCUT2D eigenvalue weighted by Gasteiger charge is -2.21. The summed E-state index contributed by atoms with van der Waals surface area (Å²) in [6.07, 6.45) is 0. The summed E-state index contributed by atoms with van der Waals surface area (Å²) in [5, 5.41) is 0. The van der Waals surface area contributed by atoms with E-state index in [0.717, 1.165) is 11.3 Å². The predicted molar refractivity (Wildman–Crippen MR) is 75.4 cm³/mol. The molecule has 1 aromatic carbocycles. The molecule has 2 N–H and O–H groups in total. The Morgan fingerprint density at radius 3 is 2.67 bits per heavy atom. The van der Waals surface area contributed by atoms with Crippen molar-refractivity contribution in [2.24, 2.45) is 11.7 Å². The van der Waals surface area contributed by atoms with E-state index in [1.165, 1.54) is 0 Å². The standard InChI is InChI=1S/C13H18N2O2S/c1-9(12(14)18)13(16)15(2)8-10-6-4-5-7-11(10)17-3/h4-7,9H,8H2,1-3H3,(H2,14,18). The highest BCUT2D eigenvalue weighted by molar-refractivity contribution is 7.80. The zero-order chi connectivity index (χ0) is 13.7. The molecule has 0 bridgehead atoms. The van der Waals surface area contributed by atoms with E-state index >= 15 is 0 Å². The van der Waals surface area contributed by atoms with Gasteiger partial charge in [0.1, 0.15) is 5.75 Å². The van der Waals surface area contributed by atoms with E-state index in [1.54, 1.807) is 26.0 Å². The lowest BCUT2D eigenvalue weighted by Crippen LogP contribution is -2.37. The Kier molecular flexibility index (Phi) is 5.09. The number of nitrogens with two attached hydrogens (primary N) is 1. The first kappa shape index (κ1) is 14.4. The van der Waals surface area contributed by atoms with Crippen LogP contribution in [-0.4, -0.2) is 30.0 Å². The normalized spacial score (nSPS) is 11.7. The molecule has 4 nitrogen and oxygen atoms in total. The maximum absolute atomic E-state index is 12.0. The van der Waals surface area contributed by atoms with Gasteiger partial charge in [0.25, 0.3) is 0 Å². The number of nitrogens with zero attached hydrogens (tertiary/aromatic N) is 1. The molecule has 98 valence electrons. The van der Waals surface area contributed by atoms with E-state index in [1.807, 2.05) is 24.3 Å². The van der Waals surface area contributed by atoms with Crippen molar-refractivity contribution in [1.29, 1.82) is 0 Å². The van der Waals surface area contributed by atoms with Gasteiger partial charge in [-0.25, -0.2) is 0 Å².